The van der Waals surface area contributed by atoms with Crippen LogP contribution >= 0.6 is 0 Å². The second-order valence-corrected chi connectivity index (χ2v) is 3.27. The van der Waals surface area contributed by atoms with E-state index in [-0.39, 0.29) is 11.9 Å². The quantitative estimate of drug-likeness (QED) is 0.533. The van der Waals surface area contributed by atoms with E-state index in [2.05, 4.69) is 11.9 Å². The topological polar surface area (TPSA) is 15.6 Å². The zero-order valence-corrected chi connectivity index (χ0v) is 8.74. The Morgan fingerprint density at radius 3 is 2.43 bits per heavy atom. The Bertz CT molecular complexity index is 306. The lowest BCUT2D eigenvalue weighted by Crippen LogP contribution is -2.20. The zero-order valence-electron chi connectivity index (χ0n) is 8.74. The minimum atomic E-state index is -0.201. The molecule has 0 bridgehead atoms. The van der Waals surface area contributed by atoms with Crippen molar-refractivity contribution < 1.29 is 4.39 Å². The molecule has 14 heavy (non-hydrogen) atoms. The van der Waals surface area contributed by atoms with Gasteiger partial charge >= 0.3 is 0 Å². The predicted octanol–water partition coefficient (Wildman–Crippen LogP) is 2.48. The summed E-state index contributed by atoms with van der Waals surface area (Å²) in [6.45, 7) is 2.05. The van der Waals surface area contributed by atoms with Gasteiger partial charge in [-0.1, -0.05) is 12.1 Å². The van der Waals surface area contributed by atoms with Crippen molar-refractivity contribution in [1.29, 1.82) is 0 Å². The van der Waals surface area contributed by atoms with Gasteiger partial charge in [0.25, 0.3) is 0 Å². The molecule has 0 aliphatic carbocycles. The van der Waals surface area contributed by atoms with Crippen molar-refractivity contribution in [3.63, 3.8) is 0 Å². The van der Waals surface area contributed by atoms with E-state index in [0.29, 0.717) is 0 Å². The van der Waals surface area contributed by atoms with Crippen molar-refractivity contribution in [2.45, 2.75) is 13.0 Å². The fourth-order valence-corrected chi connectivity index (χ4v) is 1.26. The van der Waals surface area contributed by atoms with Crippen molar-refractivity contribution in [2.24, 2.45) is 4.99 Å². The number of benzene rings is 1. The maximum absolute atomic E-state index is 12.7. The molecule has 0 saturated carbocycles. The van der Waals surface area contributed by atoms with E-state index >= 15 is 0 Å². The average Bonchev–Trinajstić information content (AvgIpc) is 2.18. The van der Waals surface area contributed by atoms with Gasteiger partial charge in [0.2, 0.25) is 0 Å². The molecule has 0 heterocycles. The molecule has 76 valence electrons. The van der Waals surface area contributed by atoms with Crippen LogP contribution in [0.4, 0.5) is 4.39 Å². The number of halogens is 1. The van der Waals surface area contributed by atoms with Gasteiger partial charge in [-0.05, 0) is 24.6 Å². The van der Waals surface area contributed by atoms with Gasteiger partial charge in [-0.3, -0.25) is 4.99 Å². The summed E-state index contributed by atoms with van der Waals surface area (Å²) in [4.78, 5) is 5.91. The Kier molecular flexibility index (Phi) is 3.63. The van der Waals surface area contributed by atoms with Crippen LogP contribution < -0.4 is 0 Å². The summed E-state index contributed by atoms with van der Waals surface area (Å²) >= 11 is 0. The number of nitrogens with zero attached hydrogens (tertiary/aromatic N) is 2. The maximum atomic E-state index is 12.7. The zero-order chi connectivity index (χ0) is 10.6. The molecule has 0 radical (unpaired) electrons. The van der Waals surface area contributed by atoms with Crippen molar-refractivity contribution in [3.05, 3.63) is 35.6 Å². The summed E-state index contributed by atoms with van der Waals surface area (Å²) in [6.07, 6.45) is 1.76. The van der Waals surface area contributed by atoms with Gasteiger partial charge in [0, 0.05) is 14.1 Å². The lowest BCUT2D eigenvalue weighted by molar-refractivity contribution is 0.413. The number of rotatable bonds is 3. The van der Waals surface area contributed by atoms with E-state index in [1.807, 2.05) is 11.9 Å². The van der Waals surface area contributed by atoms with Gasteiger partial charge in [0.05, 0.1) is 12.4 Å². The highest BCUT2D eigenvalue weighted by atomic mass is 19.1. The summed E-state index contributed by atoms with van der Waals surface area (Å²) < 4.78 is 12.7. The Morgan fingerprint density at radius 1 is 1.36 bits per heavy atom. The lowest BCUT2D eigenvalue weighted by Gasteiger charge is -2.22. The summed E-state index contributed by atoms with van der Waals surface area (Å²) in [7, 11) is 3.68. The van der Waals surface area contributed by atoms with E-state index in [0.717, 1.165) is 5.56 Å². The minimum absolute atomic E-state index is 0.201. The van der Waals surface area contributed by atoms with Crippen molar-refractivity contribution in [1.82, 2.24) is 4.90 Å². The number of aliphatic imine (C=N–C) groups is 1. The van der Waals surface area contributed by atoms with Gasteiger partial charge < -0.3 is 4.90 Å². The van der Waals surface area contributed by atoms with Gasteiger partial charge in [-0.25, -0.2) is 4.39 Å². The van der Waals surface area contributed by atoms with Gasteiger partial charge in [0.1, 0.15) is 5.82 Å². The molecule has 0 amide bonds. The van der Waals surface area contributed by atoms with Crippen molar-refractivity contribution in [3.8, 4) is 0 Å². The first kappa shape index (κ1) is 10.7. The molecule has 0 fully saturated rings. The third-order valence-corrected chi connectivity index (χ3v) is 2.26. The van der Waals surface area contributed by atoms with E-state index in [4.69, 9.17) is 0 Å². The third kappa shape index (κ3) is 2.55. The smallest absolute Gasteiger partial charge is 0.123 e. The molecule has 0 aromatic heterocycles. The molecule has 1 aromatic carbocycles. The summed E-state index contributed by atoms with van der Waals surface area (Å²) in [6, 6.07) is 6.74. The molecule has 0 N–H and O–H groups in total. The fraction of sp³-hybridized carbons (Fsp3) is 0.364. The van der Waals surface area contributed by atoms with Crippen LogP contribution in [0.15, 0.2) is 29.3 Å². The molecule has 0 spiro atoms. The van der Waals surface area contributed by atoms with Crippen LogP contribution in [0, 0.1) is 5.82 Å². The Morgan fingerprint density at radius 2 is 1.93 bits per heavy atom. The maximum Gasteiger partial charge on any atom is 0.123 e. The van der Waals surface area contributed by atoms with E-state index in [9.17, 15) is 4.39 Å². The molecule has 1 atom stereocenters. The van der Waals surface area contributed by atoms with E-state index in [1.54, 1.807) is 25.5 Å². The van der Waals surface area contributed by atoms with Gasteiger partial charge in [0.15, 0.2) is 0 Å². The fourth-order valence-electron chi connectivity index (χ4n) is 1.26. The first-order chi connectivity index (χ1) is 6.65. The summed E-state index contributed by atoms with van der Waals surface area (Å²) in [5, 5.41) is 0. The number of hydrogen-bond donors (Lipinski definition) is 0. The predicted molar refractivity (Wildman–Crippen MR) is 57.0 cm³/mol. The molecular weight excluding hydrogens is 179 g/mol. The molecule has 1 aromatic rings. The monoisotopic (exact) mass is 194 g/mol. The average molecular weight is 194 g/mol. The van der Waals surface area contributed by atoms with Crippen molar-refractivity contribution in [2.75, 3.05) is 14.1 Å². The first-order valence-corrected chi connectivity index (χ1v) is 4.55. The van der Waals surface area contributed by atoms with Crippen LogP contribution in [-0.2, 0) is 0 Å². The third-order valence-electron chi connectivity index (χ3n) is 2.26. The second-order valence-electron chi connectivity index (χ2n) is 3.27. The van der Waals surface area contributed by atoms with Crippen LogP contribution in [-0.4, -0.2) is 25.3 Å². The second kappa shape index (κ2) is 4.74. The highest BCUT2D eigenvalue weighted by molar-refractivity contribution is 5.55. The molecular formula is C11H15FN2. The SMILES string of the molecule is CN=CN(C)C(C)c1ccc(F)cc1. The van der Waals surface area contributed by atoms with Gasteiger partial charge in [-0.15, -0.1) is 0 Å². The Labute approximate surface area is 84.1 Å². The molecule has 2 nitrogen and oxygen atoms in total. The Balaban J connectivity index is 2.78. The van der Waals surface area contributed by atoms with Crippen LogP contribution in [0.5, 0.6) is 0 Å². The highest BCUT2D eigenvalue weighted by Gasteiger charge is 2.07. The first-order valence-electron chi connectivity index (χ1n) is 4.55. The normalized spacial score (nSPS) is 13.1. The van der Waals surface area contributed by atoms with Crippen molar-refractivity contribution >= 4 is 6.34 Å². The van der Waals surface area contributed by atoms with Crippen LogP contribution in [0.2, 0.25) is 0 Å². The molecule has 1 rings (SSSR count). The van der Waals surface area contributed by atoms with Crippen LogP contribution in [0.25, 0.3) is 0 Å². The molecule has 0 saturated heterocycles. The highest BCUT2D eigenvalue weighted by Crippen LogP contribution is 2.17. The lowest BCUT2D eigenvalue weighted by atomic mass is 10.1. The van der Waals surface area contributed by atoms with Crippen LogP contribution in [0.1, 0.15) is 18.5 Å². The van der Waals surface area contributed by atoms with E-state index < -0.39 is 0 Å². The molecule has 3 heteroatoms. The largest absolute Gasteiger partial charge is 0.359 e. The molecule has 0 aliphatic rings. The van der Waals surface area contributed by atoms with Crippen LogP contribution in [0.3, 0.4) is 0 Å². The van der Waals surface area contributed by atoms with Gasteiger partial charge in [-0.2, -0.15) is 0 Å². The minimum Gasteiger partial charge on any atom is -0.359 e. The number of hydrogen-bond acceptors (Lipinski definition) is 1. The Hall–Kier alpha value is -1.38. The standard InChI is InChI=1S/C11H15FN2/c1-9(14(3)8-13-2)10-4-6-11(12)7-5-10/h4-9H,1-3H3. The molecule has 0 aliphatic heterocycles. The summed E-state index contributed by atoms with van der Waals surface area (Å²) in [5.74, 6) is -0.201. The summed E-state index contributed by atoms with van der Waals surface area (Å²) in [5.41, 5.74) is 1.08. The molecule has 1 unspecified atom stereocenters. The van der Waals surface area contributed by atoms with E-state index in [1.165, 1.54) is 12.1 Å².